The van der Waals surface area contributed by atoms with Gasteiger partial charge in [0.15, 0.2) is 11.5 Å². The second-order valence-corrected chi connectivity index (χ2v) is 7.34. The molecule has 1 aromatic heterocycles. The number of halogens is 1. The number of anilines is 2. The average Bonchev–Trinajstić information content (AvgIpc) is 3.25. The maximum Gasteiger partial charge on any atom is 0.229 e. The third-order valence-electron chi connectivity index (χ3n) is 4.64. The molecule has 4 rings (SSSR count). The van der Waals surface area contributed by atoms with Gasteiger partial charge in [-0.3, -0.25) is 9.59 Å². The molecule has 2 heterocycles. The lowest BCUT2D eigenvalue weighted by atomic mass is 10.1. The molecule has 1 atom stereocenters. The molecule has 138 valence electrons. The van der Waals surface area contributed by atoms with Crippen molar-refractivity contribution in [2.24, 2.45) is 5.92 Å². The number of nitrogens with zero attached hydrogens (tertiary/aromatic N) is 2. The van der Waals surface area contributed by atoms with Crippen LogP contribution in [0.15, 0.2) is 51.4 Å². The van der Waals surface area contributed by atoms with Crippen molar-refractivity contribution < 1.29 is 14.0 Å². The number of hydrogen-bond donors (Lipinski definition) is 1. The zero-order valence-corrected chi connectivity index (χ0v) is 16.3. The summed E-state index contributed by atoms with van der Waals surface area (Å²) < 4.78 is 6.42. The SMILES string of the molecule is CCc1nc2cc(NC(=O)C3CC(=O)N(c4ccccc4Br)C3)ccc2o1. The lowest BCUT2D eigenvalue weighted by Gasteiger charge is -2.18. The van der Waals surface area contributed by atoms with Gasteiger partial charge in [0.2, 0.25) is 11.8 Å². The Morgan fingerprint density at radius 3 is 2.93 bits per heavy atom. The van der Waals surface area contributed by atoms with E-state index in [-0.39, 0.29) is 18.2 Å². The molecule has 0 spiro atoms. The third-order valence-corrected chi connectivity index (χ3v) is 5.31. The van der Waals surface area contributed by atoms with Crippen LogP contribution in [0.5, 0.6) is 0 Å². The van der Waals surface area contributed by atoms with Crippen molar-refractivity contribution in [3.63, 3.8) is 0 Å². The molecule has 0 saturated carbocycles. The van der Waals surface area contributed by atoms with Crippen molar-refractivity contribution in [2.45, 2.75) is 19.8 Å². The van der Waals surface area contributed by atoms with E-state index in [1.165, 1.54) is 0 Å². The highest BCUT2D eigenvalue weighted by Crippen LogP contribution is 2.32. The van der Waals surface area contributed by atoms with Gasteiger partial charge in [-0.1, -0.05) is 19.1 Å². The maximum atomic E-state index is 12.7. The van der Waals surface area contributed by atoms with Gasteiger partial charge in [-0.2, -0.15) is 0 Å². The molecule has 0 bridgehead atoms. The molecule has 3 aromatic rings. The van der Waals surface area contributed by atoms with Gasteiger partial charge in [0.25, 0.3) is 0 Å². The summed E-state index contributed by atoms with van der Waals surface area (Å²) in [5.41, 5.74) is 2.84. The number of oxazole rings is 1. The van der Waals surface area contributed by atoms with Crippen LogP contribution in [0.3, 0.4) is 0 Å². The van der Waals surface area contributed by atoms with E-state index in [4.69, 9.17) is 4.42 Å². The van der Waals surface area contributed by atoms with E-state index in [1.807, 2.05) is 31.2 Å². The number of hydrogen-bond acceptors (Lipinski definition) is 4. The first kappa shape index (κ1) is 17.7. The molecule has 0 aliphatic carbocycles. The Balaban J connectivity index is 1.49. The van der Waals surface area contributed by atoms with E-state index in [0.717, 1.165) is 10.2 Å². The van der Waals surface area contributed by atoms with Crippen LogP contribution in [0.1, 0.15) is 19.2 Å². The number of aromatic nitrogens is 1. The lowest BCUT2D eigenvalue weighted by Crippen LogP contribution is -2.28. The zero-order chi connectivity index (χ0) is 19.0. The van der Waals surface area contributed by atoms with Gasteiger partial charge in [0.05, 0.1) is 11.6 Å². The monoisotopic (exact) mass is 427 g/mol. The number of fused-ring (bicyclic) bond motifs is 1. The summed E-state index contributed by atoms with van der Waals surface area (Å²) >= 11 is 3.47. The minimum atomic E-state index is -0.399. The zero-order valence-electron chi connectivity index (χ0n) is 14.7. The molecule has 1 saturated heterocycles. The third kappa shape index (κ3) is 3.47. The first-order chi connectivity index (χ1) is 13.0. The summed E-state index contributed by atoms with van der Waals surface area (Å²) in [6.45, 7) is 2.33. The fourth-order valence-electron chi connectivity index (χ4n) is 3.24. The van der Waals surface area contributed by atoms with Gasteiger partial charge < -0.3 is 14.6 Å². The second kappa shape index (κ2) is 7.15. The van der Waals surface area contributed by atoms with Crippen molar-refractivity contribution >= 4 is 50.2 Å². The van der Waals surface area contributed by atoms with E-state index in [0.29, 0.717) is 35.6 Å². The van der Waals surface area contributed by atoms with Crippen LogP contribution < -0.4 is 10.2 Å². The normalized spacial score (nSPS) is 16.9. The van der Waals surface area contributed by atoms with Crippen molar-refractivity contribution in [3.8, 4) is 0 Å². The Bertz CT molecular complexity index is 1030. The molecule has 1 N–H and O–H groups in total. The van der Waals surface area contributed by atoms with E-state index in [2.05, 4.69) is 26.2 Å². The smallest absolute Gasteiger partial charge is 0.229 e. The first-order valence-electron chi connectivity index (χ1n) is 8.80. The van der Waals surface area contributed by atoms with E-state index in [9.17, 15) is 9.59 Å². The number of aryl methyl sites for hydroxylation is 1. The standard InChI is InChI=1S/C20H18BrN3O3/c1-2-18-23-15-10-13(7-8-17(15)27-18)22-20(26)12-9-19(25)24(11-12)16-6-4-3-5-14(16)21/h3-8,10,12H,2,9,11H2,1H3,(H,22,26). The summed E-state index contributed by atoms with van der Waals surface area (Å²) in [4.78, 5) is 31.1. The number of carbonyl (C=O) groups excluding carboxylic acids is 2. The predicted octanol–water partition coefficient (Wildman–Crippen LogP) is 4.14. The molecule has 1 aliphatic heterocycles. The maximum absolute atomic E-state index is 12.7. The minimum Gasteiger partial charge on any atom is -0.441 e. The number of carbonyl (C=O) groups is 2. The fourth-order valence-corrected chi connectivity index (χ4v) is 3.73. The van der Waals surface area contributed by atoms with Crippen molar-refractivity contribution in [2.75, 3.05) is 16.8 Å². The number of para-hydroxylation sites is 1. The van der Waals surface area contributed by atoms with Crippen LogP contribution in [0, 0.1) is 5.92 Å². The molecule has 7 heteroatoms. The van der Waals surface area contributed by atoms with Crippen LogP contribution in [-0.2, 0) is 16.0 Å². The van der Waals surface area contributed by atoms with Gasteiger partial charge in [-0.25, -0.2) is 4.98 Å². The van der Waals surface area contributed by atoms with Crippen molar-refractivity contribution in [3.05, 3.63) is 52.8 Å². The van der Waals surface area contributed by atoms with Gasteiger partial charge in [0, 0.05) is 29.5 Å². The Kier molecular flexibility index (Phi) is 4.70. The van der Waals surface area contributed by atoms with Crippen LogP contribution in [0.4, 0.5) is 11.4 Å². The molecule has 1 unspecified atom stereocenters. The quantitative estimate of drug-likeness (QED) is 0.678. The number of rotatable bonds is 4. The van der Waals surface area contributed by atoms with Gasteiger partial charge in [-0.05, 0) is 46.3 Å². The fraction of sp³-hybridized carbons (Fsp3) is 0.250. The molecule has 1 fully saturated rings. The molecule has 0 radical (unpaired) electrons. The van der Waals surface area contributed by atoms with Crippen LogP contribution in [0.25, 0.3) is 11.1 Å². The van der Waals surface area contributed by atoms with E-state index in [1.54, 1.807) is 23.1 Å². The van der Waals surface area contributed by atoms with E-state index >= 15 is 0 Å². The summed E-state index contributed by atoms with van der Waals surface area (Å²) in [6, 6.07) is 12.9. The summed E-state index contributed by atoms with van der Waals surface area (Å²) in [5, 5.41) is 2.90. The molecular weight excluding hydrogens is 410 g/mol. The van der Waals surface area contributed by atoms with Crippen molar-refractivity contribution in [1.82, 2.24) is 4.98 Å². The largest absolute Gasteiger partial charge is 0.441 e. The molecular formula is C20H18BrN3O3. The minimum absolute atomic E-state index is 0.0541. The highest BCUT2D eigenvalue weighted by atomic mass is 79.9. The van der Waals surface area contributed by atoms with Crippen LogP contribution in [0.2, 0.25) is 0 Å². The molecule has 27 heavy (non-hydrogen) atoms. The Hall–Kier alpha value is -2.67. The molecule has 2 aromatic carbocycles. The Labute approximate surface area is 164 Å². The summed E-state index contributed by atoms with van der Waals surface area (Å²) in [5.74, 6) is 0.0424. The van der Waals surface area contributed by atoms with Crippen molar-refractivity contribution in [1.29, 1.82) is 0 Å². The number of amides is 2. The second-order valence-electron chi connectivity index (χ2n) is 6.49. The predicted molar refractivity (Wildman–Crippen MR) is 107 cm³/mol. The highest BCUT2D eigenvalue weighted by Gasteiger charge is 2.35. The topological polar surface area (TPSA) is 75.4 Å². The van der Waals surface area contributed by atoms with Gasteiger partial charge >= 0.3 is 0 Å². The molecule has 2 amide bonds. The summed E-state index contributed by atoms with van der Waals surface area (Å²) in [6.07, 6.45) is 0.908. The van der Waals surface area contributed by atoms with E-state index < -0.39 is 5.92 Å². The van der Waals surface area contributed by atoms with Gasteiger partial charge in [0.1, 0.15) is 5.52 Å². The Morgan fingerprint density at radius 2 is 2.15 bits per heavy atom. The number of nitrogens with one attached hydrogen (secondary N) is 1. The van der Waals surface area contributed by atoms with Gasteiger partial charge in [-0.15, -0.1) is 0 Å². The molecule has 1 aliphatic rings. The first-order valence-corrected chi connectivity index (χ1v) is 9.59. The van der Waals surface area contributed by atoms with Crippen LogP contribution >= 0.6 is 15.9 Å². The summed E-state index contributed by atoms with van der Waals surface area (Å²) in [7, 11) is 0. The average molecular weight is 428 g/mol. The molecule has 6 nitrogen and oxygen atoms in total. The highest BCUT2D eigenvalue weighted by molar-refractivity contribution is 9.10. The number of benzene rings is 2. The Morgan fingerprint density at radius 1 is 1.33 bits per heavy atom. The lowest BCUT2D eigenvalue weighted by molar-refractivity contribution is -0.122. The van der Waals surface area contributed by atoms with Crippen LogP contribution in [-0.4, -0.2) is 23.3 Å².